The van der Waals surface area contributed by atoms with Crippen LogP contribution in [0.4, 0.5) is 0 Å². The van der Waals surface area contributed by atoms with Gasteiger partial charge in [0.15, 0.2) is 5.96 Å². The zero-order valence-corrected chi connectivity index (χ0v) is 19.9. The minimum absolute atomic E-state index is 0. The summed E-state index contributed by atoms with van der Waals surface area (Å²) < 4.78 is 17.5. The van der Waals surface area contributed by atoms with Crippen LogP contribution in [0.15, 0.2) is 4.99 Å². The summed E-state index contributed by atoms with van der Waals surface area (Å²) in [4.78, 5) is 6.81. The van der Waals surface area contributed by atoms with Crippen molar-refractivity contribution in [2.45, 2.75) is 71.2 Å². The highest BCUT2D eigenvalue weighted by molar-refractivity contribution is 14.0. The molecular formula is C20H40IN3O3. The largest absolute Gasteiger partial charge is 0.378 e. The molecule has 2 heterocycles. The number of halogens is 1. The molecule has 0 aromatic rings. The Balaban J connectivity index is 0.00000364. The maximum absolute atomic E-state index is 6.07. The molecular weight excluding hydrogens is 457 g/mol. The molecule has 0 aliphatic carbocycles. The van der Waals surface area contributed by atoms with Gasteiger partial charge < -0.3 is 24.4 Å². The molecule has 0 spiro atoms. The predicted molar refractivity (Wildman–Crippen MR) is 121 cm³/mol. The van der Waals surface area contributed by atoms with E-state index in [-0.39, 0.29) is 24.0 Å². The Kier molecular flexibility index (Phi) is 12.9. The van der Waals surface area contributed by atoms with Crippen LogP contribution < -0.4 is 5.32 Å². The van der Waals surface area contributed by atoms with Crippen molar-refractivity contribution in [2.24, 2.45) is 10.9 Å². The number of rotatable bonds is 9. The average Bonchev–Trinajstić information content (AvgIpc) is 3.17. The summed E-state index contributed by atoms with van der Waals surface area (Å²) in [5, 5.41) is 3.51. The molecule has 0 bridgehead atoms. The van der Waals surface area contributed by atoms with Crippen LogP contribution in [0.2, 0.25) is 0 Å². The molecule has 2 saturated heterocycles. The molecule has 0 radical (unpaired) electrons. The first kappa shape index (κ1) is 24.9. The van der Waals surface area contributed by atoms with Crippen molar-refractivity contribution < 1.29 is 14.2 Å². The van der Waals surface area contributed by atoms with Crippen LogP contribution in [-0.4, -0.2) is 75.7 Å². The van der Waals surface area contributed by atoms with Crippen molar-refractivity contribution >= 4 is 29.9 Å². The Labute approximate surface area is 182 Å². The lowest BCUT2D eigenvalue weighted by Crippen LogP contribution is -2.47. The molecule has 2 unspecified atom stereocenters. The lowest BCUT2D eigenvalue weighted by molar-refractivity contribution is -0.0367. The van der Waals surface area contributed by atoms with E-state index in [1.807, 2.05) is 7.05 Å². The van der Waals surface area contributed by atoms with Crippen molar-refractivity contribution in [3.05, 3.63) is 0 Å². The van der Waals surface area contributed by atoms with Crippen molar-refractivity contribution in [1.82, 2.24) is 10.2 Å². The number of guanidine groups is 1. The molecule has 2 aliphatic heterocycles. The van der Waals surface area contributed by atoms with E-state index in [4.69, 9.17) is 14.2 Å². The summed E-state index contributed by atoms with van der Waals surface area (Å²) >= 11 is 0. The molecule has 2 atom stereocenters. The molecule has 2 fully saturated rings. The van der Waals surface area contributed by atoms with E-state index < -0.39 is 0 Å². The monoisotopic (exact) mass is 497 g/mol. The van der Waals surface area contributed by atoms with Gasteiger partial charge in [-0.15, -0.1) is 24.0 Å². The van der Waals surface area contributed by atoms with Gasteiger partial charge in [-0.2, -0.15) is 0 Å². The lowest BCUT2D eigenvalue weighted by Gasteiger charge is -2.34. The van der Waals surface area contributed by atoms with Crippen molar-refractivity contribution in [3.8, 4) is 0 Å². The van der Waals surface area contributed by atoms with E-state index in [9.17, 15) is 0 Å². The van der Waals surface area contributed by atoms with Gasteiger partial charge in [0.1, 0.15) is 0 Å². The molecule has 0 amide bonds. The van der Waals surface area contributed by atoms with Gasteiger partial charge in [0.05, 0.1) is 24.9 Å². The second-order valence-electron chi connectivity index (χ2n) is 7.66. The van der Waals surface area contributed by atoms with Gasteiger partial charge in [0, 0.05) is 39.9 Å². The van der Waals surface area contributed by atoms with Gasteiger partial charge in [-0.1, -0.05) is 13.8 Å². The van der Waals surface area contributed by atoms with E-state index >= 15 is 0 Å². The molecule has 27 heavy (non-hydrogen) atoms. The summed E-state index contributed by atoms with van der Waals surface area (Å²) in [6, 6.07) is 0. The summed E-state index contributed by atoms with van der Waals surface area (Å²) in [7, 11) is 1.87. The molecule has 1 N–H and O–H groups in total. The van der Waals surface area contributed by atoms with E-state index in [0.29, 0.717) is 24.2 Å². The molecule has 7 heteroatoms. The summed E-state index contributed by atoms with van der Waals surface area (Å²) in [5.41, 5.74) is 0. The molecule has 2 aliphatic rings. The van der Waals surface area contributed by atoms with Gasteiger partial charge in [-0.25, -0.2) is 0 Å². The van der Waals surface area contributed by atoms with E-state index in [1.165, 1.54) is 6.42 Å². The van der Waals surface area contributed by atoms with Gasteiger partial charge >= 0.3 is 0 Å². The fourth-order valence-corrected chi connectivity index (χ4v) is 3.74. The van der Waals surface area contributed by atoms with Gasteiger partial charge in [-0.05, 0) is 44.9 Å². The number of hydrogen-bond acceptors (Lipinski definition) is 4. The van der Waals surface area contributed by atoms with E-state index in [2.05, 4.69) is 36.0 Å². The van der Waals surface area contributed by atoms with Crippen LogP contribution in [0.3, 0.4) is 0 Å². The first-order valence-corrected chi connectivity index (χ1v) is 10.4. The number of hydrogen-bond donors (Lipinski definition) is 1. The summed E-state index contributed by atoms with van der Waals surface area (Å²) in [6.07, 6.45) is 6.43. The van der Waals surface area contributed by atoms with Gasteiger partial charge in [-0.3, -0.25) is 4.99 Å². The number of ether oxygens (including phenoxy) is 3. The van der Waals surface area contributed by atoms with Crippen LogP contribution in [0.25, 0.3) is 0 Å². The Morgan fingerprint density at radius 2 is 2.00 bits per heavy atom. The van der Waals surface area contributed by atoms with E-state index in [0.717, 1.165) is 71.1 Å². The van der Waals surface area contributed by atoms with Crippen molar-refractivity contribution in [1.29, 1.82) is 0 Å². The van der Waals surface area contributed by atoms with Gasteiger partial charge in [0.2, 0.25) is 0 Å². The Bertz CT molecular complexity index is 409. The average molecular weight is 497 g/mol. The van der Waals surface area contributed by atoms with Crippen LogP contribution in [0.5, 0.6) is 0 Å². The minimum Gasteiger partial charge on any atom is -0.378 e. The van der Waals surface area contributed by atoms with Crippen molar-refractivity contribution in [2.75, 3.05) is 46.5 Å². The molecule has 6 nitrogen and oxygen atoms in total. The van der Waals surface area contributed by atoms with Crippen LogP contribution in [-0.2, 0) is 14.2 Å². The van der Waals surface area contributed by atoms with Crippen LogP contribution in [0, 0.1) is 5.92 Å². The number of likely N-dealkylation sites (tertiary alicyclic amines) is 1. The zero-order valence-electron chi connectivity index (χ0n) is 17.6. The maximum atomic E-state index is 6.07. The topological polar surface area (TPSA) is 55.3 Å². The third kappa shape index (κ3) is 8.83. The minimum atomic E-state index is 0. The third-order valence-corrected chi connectivity index (χ3v) is 5.33. The summed E-state index contributed by atoms with van der Waals surface area (Å²) in [6.45, 7) is 11.8. The number of piperidine rings is 1. The van der Waals surface area contributed by atoms with Gasteiger partial charge in [0.25, 0.3) is 0 Å². The lowest BCUT2D eigenvalue weighted by atomic mass is 10.0. The molecule has 0 saturated carbocycles. The zero-order chi connectivity index (χ0) is 18.8. The normalized spacial score (nSPS) is 22.8. The third-order valence-electron chi connectivity index (χ3n) is 5.33. The first-order chi connectivity index (χ1) is 12.6. The summed E-state index contributed by atoms with van der Waals surface area (Å²) in [5.74, 6) is 1.54. The Morgan fingerprint density at radius 1 is 1.26 bits per heavy atom. The fraction of sp³-hybridized carbons (Fsp3) is 0.950. The number of nitrogens with one attached hydrogen (secondary N) is 1. The quantitative estimate of drug-likeness (QED) is 0.301. The Morgan fingerprint density at radius 3 is 2.56 bits per heavy atom. The Hall–Kier alpha value is -0.120. The SMILES string of the molecule is CCOC(CCNC(=NC)N1CCC(OCC2CCCO2)CC1)C(C)C.I. The molecule has 2 rings (SSSR count). The smallest absolute Gasteiger partial charge is 0.193 e. The number of nitrogens with zero attached hydrogens (tertiary/aromatic N) is 2. The standard InChI is InChI=1S/C20H39N3O3.HI/c1-5-24-19(16(2)3)8-11-22-20(21-4)23-12-9-17(10-13-23)26-15-18-7-6-14-25-18;/h16-19H,5-15H2,1-4H3,(H,21,22);1H. The second kappa shape index (κ2) is 14.0. The molecule has 0 aromatic carbocycles. The van der Waals surface area contributed by atoms with E-state index in [1.54, 1.807) is 0 Å². The predicted octanol–water partition coefficient (Wildman–Crippen LogP) is 3.29. The van der Waals surface area contributed by atoms with Crippen molar-refractivity contribution in [3.63, 3.8) is 0 Å². The van der Waals surface area contributed by atoms with Crippen LogP contribution in [0.1, 0.15) is 52.9 Å². The first-order valence-electron chi connectivity index (χ1n) is 10.4. The highest BCUT2D eigenvalue weighted by atomic mass is 127. The molecule has 0 aromatic heterocycles. The second-order valence-corrected chi connectivity index (χ2v) is 7.66. The van der Waals surface area contributed by atoms with Crippen LogP contribution >= 0.6 is 24.0 Å². The highest BCUT2D eigenvalue weighted by Crippen LogP contribution is 2.18. The molecule has 160 valence electrons. The highest BCUT2D eigenvalue weighted by Gasteiger charge is 2.24. The number of aliphatic imine (C=N–C) groups is 1. The maximum Gasteiger partial charge on any atom is 0.193 e. The fourth-order valence-electron chi connectivity index (χ4n) is 3.74.